The van der Waals surface area contributed by atoms with Gasteiger partial charge in [-0.2, -0.15) is 13.2 Å². The number of carbonyl (C=O) groups is 1. The molecule has 2 aromatic rings. The van der Waals surface area contributed by atoms with Crippen molar-refractivity contribution in [3.05, 3.63) is 60.2 Å². The summed E-state index contributed by atoms with van der Waals surface area (Å²) in [4.78, 5) is 13.6. The third-order valence-electron chi connectivity index (χ3n) is 6.58. The van der Waals surface area contributed by atoms with E-state index in [1.807, 2.05) is 42.5 Å². The zero-order valence-corrected chi connectivity index (χ0v) is 18.8. The molecule has 0 bridgehead atoms. The van der Waals surface area contributed by atoms with E-state index in [0.29, 0.717) is 18.4 Å². The Kier molecular flexibility index (Phi) is 6.47. The summed E-state index contributed by atoms with van der Waals surface area (Å²) < 4.78 is 78.9. The molecule has 34 heavy (non-hydrogen) atoms. The molecule has 2 aromatic carbocycles. The number of hydrogen-bond donors (Lipinski definition) is 2. The van der Waals surface area contributed by atoms with Gasteiger partial charge in [0.05, 0.1) is 6.04 Å². The highest BCUT2D eigenvalue weighted by Gasteiger charge is 2.62. The molecule has 1 heterocycles. The minimum atomic E-state index is -5.16. The van der Waals surface area contributed by atoms with Crippen LogP contribution in [-0.2, 0) is 21.2 Å². The summed E-state index contributed by atoms with van der Waals surface area (Å²) in [6.45, 7) is -0.151. The molecule has 1 spiro atoms. The summed E-state index contributed by atoms with van der Waals surface area (Å²) in [5, 5.41) is 9.63. The van der Waals surface area contributed by atoms with Crippen molar-refractivity contribution in [2.75, 3.05) is 12.6 Å². The fourth-order valence-electron chi connectivity index (χ4n) is 4.72. The van der Waals surface area contributed by atoms with Gasteiger partial charge in [-0.25, -0.2) is 17.5 Å². The smallest absolute Gasteiger partial charge is 0.376 e. The molecule has 184 valence electrons. The second-order valence-corrected chi connectivity index (χ2v) is 10.6. The maximum Gasteiger partial charge on any atom is 0.423 e. The highest BCUT2D eigenvalue weighted by Crippen LogP contribution is 2.55. The number of amides is 1. The molecule has 1 saturated carbocycles. The van der Waals surface area contributed by atoms with Gasteiger partial charge in [-0.3, -0.25) is 4.79 Å². The van der Waals surface area contributed by atoms with Gasteiger partial charge in [-0.1, -0.05) is 54.6 Å². The SMILES string of the molecule is O=C(C(O)C(F)(F)F)N1CC2(CC2)[C@H](NS(=O)(=O)CF)[C@@H]1Cc1cccc(-c2ccccc2)c1. The van der Waals surface area contributed by atoms with Gasteiger partial charge in [0.2, 0.25) is 22.1 Å². The fourth-order valence-corrected chi connectivity index (χ4v) is 5.57. The Hall–Kier alpha value is -2.50. The average Bonchev–Trinajstić information content (AvgIpc) is 3.54. The van der Waals surface area contributed by atoms with Crippen LogP contribution in [0.1, 0.15) is 18.4 Å². The van der Waals surface area contributed by atoms with E-state index in [2.05, 4.69) is 4.72 Å². The zero-order chi connectivity index (χ0) is 24.7. The molecule has 1 aliphatic carbocycles. The third-order valence-corrected chi connectivity index (χ3v) is 7.48. The van der Waals surface area contributed by atoms with Crippen molar-refractivity contribution >= 4 is 15.9 Å². The molecule has 1 aliphatic heterocycles. The van der Waals surface area contributed by atoms with Crippen molar-refractivity contribution in [2.45, 2.75) is 43.6 Å². The number of hydrogen-bond acceptors (Lipinski definition) is 4. The van der Waals surface area contributed by atoms with E-state index in [-0.39, 0.29) is 13.0 Å². The van der Waals surface area contributed by atoms with Crippen LogP contribution in [0.2, 0.25) is 0 Å². The molecule has 1 unspecified atom stereocenters. The summed E-state index contributed by atoms with van der Waals surface area (Å²) in [7, 11) is -4.35. The van der Waals surface area contributed by atoms with Crippen LogP contribution in [0.3, 0.4) is 0 Å². The first kappa shape index (κ1) is 24.6. The van der Waals surface area contributed by atoms with E-state index >= 15 is 0 Å². The summed E-state index contributed by atoms with van der Waals surface area (Å²) >= 11 is 0. The number of rotatable bonds is 7. The number of carbonyl (C=O) groups excluding carboxylic acids is 1. The van der Waals surface area contributed by atoms with E-state index in [1.54, 1.807) is 12.1 Å². The predicted molar refractivity (Wildman–Crippen MR) is 117 cm³/mol. The number of sulfonamides is 1. The van der Waals surface area contributed by atoms with E-state index in [4.69, 9.17) is 0 Å². The van der Waals surface area contributed by atoms with Crippen molar-refractivity contribution in [1.29, 1.82) is 0 Å². The predicted octanol–water partition coefficient (Wildman–Crippen LogP) is 3.03. The minimum absolute atomic E-state index is 0.0260. The Morgan fingerprint density at radius 1 is 1.12 bits per heavy atom. The van der Waals surface area contributed by atoms with Crippen LogP contribution < -0.4 is 4.72 Å². The van der Waals surface area contributed by atoms with E-state index in [9.17, 15) is 35.9 Å². The minimum Gasteiger partial charge on any atom is -0.376 e. The largest absolute Gasteiger partial charge is 0.423 e. The zero-order valence-electron chi connectivity index (χ0n) is 18.0. The molecule has 2 fully saturated rings. The van der Waals surface area contributed by atoms with Crippen molar-refractivity contribution in [3.8, 4) is 11.1 Å². The summed E-state index contributed by atoms with van der Waals surface area (Å²) in [5.74, 6) is -1.54. The molecule has 6 nitrogen and oxygen atoms in total. The normalized spacial score (nSPS) is 22.7. The van der Waals surface area contributed by atoms with Crippen LogP contribution in [0.15, 0.2) is 54.6 Å². The van der Waals surface area contributed by atoms with Crippen LogP contribution in [0.4, 0.5) is 17.6 Å². The molecule has 0 aromatic heterocycles. The summed E-state index contributed by atoms with van der Waals surface area (Å²) in [6.07, 6.45) is -7.42. The lowest BCUT2D eigenvalue weighted by molar-refractivity contribution is -0.211. The Morgan fingerprint density at radius 3 is 2.35 bits per heavy atom. The first-order chi connectivity index (χ1) is 16.0. The van der Waals surface area contributed by atoms with Crippen molar-refractivity contribution < 1.29 is 35.9 Å². The van der Waals surface area contributed by atoms with Crippen molar-refractivity contribution in [1.82, 2.24) is 9.62 Å². The number of benzene rings is 2. The first-order valence-corrected chi connectivity index (χ1v) is 12.4. The van der Waals surface area contributed by atoms with Gasteiger partial charge in [0, 0.05) is 18.0 Å². The Bertz CT molecular complexity index is 1150. The standard InChI is InChI=1S/C23H24F4N2O4S/c24-14-34(32,33)28-19-18(12-15-5-4-8-17(11-15)16-6-2-1-3-7-16)29(13-22(19)9-10-22)21(31)20(30)23(25,26)27/h1-8,11,18-20,28,30H,9-10,12-14H2/t18-,19+,20?/m0/s1. The Morgan fingerprint density at radius 2 is 1.76 bits per heavy atom. The van der Waals surface area contributed by atoms with Crippen LogP contribution in [-0.4, -0.2) is 61.2 Å². The number of aliphatic hydroxyl groups is 1. The maximum atomic E-state index is 13.1. The molecule has 2 aliphatic rings. The van der Waals surface area contributed by atoms with Gasteiger partial charge in [0.25, 0.3) is 5.91 Å². The second-order valence-electron chi connectivity index (χ2n) is 8.93. The summed E-state index contributed by atoms with van der Waals surface area (Å²) in [6, 6.07) is 12.8. The Balaban J connectivity index is 1.69. The van der Waals surface area contributed by atoms with Crippen molar-refractivity contribution in [3.63, 3.8) is 0 Å². The number of likely N-dealkylation sites (tertiary alicyclic amines) is 1. The lowest BCUT2D eigenvalue weighted by Gasteiger charge is -2.31. The first-order valence-electron chi connectivity index (χ1n) is 10.7. The highest BCUT2D eigenvalue weighted by atomic mass is 32.2. The van der Waals surface area contributed by atoms with Gasteiger partial charge >= 0.3 is 6.18 Å². The molecule has 11 heteroatoms. The maximum absolute atomic E-state index is 13.1. The number of nitrogens with one attached hydrogen (secondary N) is 1. The van der Waals surface area contributed by atoms with E-state index in [0.717, 1.165) is 16.0 Å². The fraction of sp³-hybridized carbons (Fsp3) is 0.435. The van der Waals surface area contributed by atoms with Crippen LogP contribution >= 0.6 is 0 Å². The molecular weight excluding hydrogens is 476 g/mol. The monoisotopic (exact) mass is 500 g/mol. The van der Waals surface area contributed by atoms with Gasteiger partial charge < -0.3 is 10.0 Å². The quantitative estimate of drug-likeness (QED) is 0.573. The lowest BCUT2D eigenvalue weighted by atomic mass is 9.91. The molecule has 4 rings (SSSR count). The third kappa shape index (κ3) is 4.96. The highest BCUT2D eigenvalue weighted by molar-refractivity contribution is 7.89. The van der Waals surface area contributed by atoms with Crippen LogP contribution in [0, 0.1) is 5.41 Å². The number of alkyl halides is 4. The average molecular weight is 501 g/mol. The molecule has 1 amide bonds. The molecular formula is C23H24F4N2O4S. The Labute approximate surface area is 194 Å². The molecule has 1 saturated heterocycles. The lowest BCUT2D eigenvalue weighted by Crippen LogP contribution is -2.53. The number of nitrogens with zero attached hydrogens (tertiary/aromatic N) is 1. The van der Waals surface area contributed by atoms with Crippen molar-refractivity contribution in [2.24, 2.45) is 5.41 Å². The number of halogens is 4. The van der Waals surface area contributed by atoms with Gasteiger partial charge in [0.15, 0.2) is 0 Å². The molecule has 2 N–H and O–H groups in total. The van der Waals surface area contributed by atoms with Crippen LogP contribution in [0.5, 0.6) is 0 Å². The van der Waals surface area contributed by atoms with Gasteiger partial charge in [0.1, 0.15) is 0 Å². The number of aliphatic hydroxyl groups excluding tert-OH is 1. The molecule has 3 atom stereocenters. The second kappa shape index (κ2) is 8.94. The summed E-state index contributed by atoms with van der Waals surface area (Å²) in [5.41, 5.74) is 1.62. The molecule has 0 radical (unpaired) electrons. The van der Waals surface area contributed by atoms with Crippen LogP contribution in [0.25, 0.3) is 11.1 Å². The van der Waals surface area contributed by atoms with Gasteiger partial charge in [-0.05, 0) is 36.0 Å². The van der Waals surface area contributed by atoms with E-state index < -0.39 is 51.7 Å². The van der Waals surface area contributed by atoms with Gasteiger partial charge in [-0.15, -0.1) is 0 Å². The van der Waals surface area contributed by atoms with E-state index in [1.165, 1.54) is 0 Å². The topological polar surface area (TPSA) is 86.7 Å².